The molecule has 2 fully saturated rings. The number of methoxy groups -OCH3 is 1. The van der Waals surface area contributed by atoms with Crippen LogP contribution in [0.1, 0.15) is 83.5 Å². The Balaban J connectivity index is 1.34. The monoisotopic (exact) mass is 667 g/mol. The molecule has 1 saturated carbocycles. The number of amides is 2. The van der Waals surface area contributed by atoms with Crippen LogP contribution in [-0.2, 0) is 16.0 Å². The zero-order valence-corrected chi connectivity index (χ0v) is 25.3. The Morgan fingerprint density at radius 3 is 2.55 bits per heavy atom. The number of imidazole rings is 1. The van der Waals surface area contributed by atoms with E-state index in [9.17, 15) is 31.5 Å². The topological polar surface area (TPSA) is 175 Å². The minimum Gasteiger partial charge on any atom is -0.423 e. The molecule has 4 aromatic rings. The first-order valence-corrected chi connectivity index (χ1v) is 14.7. The van der Waals surface area contributed by atoms with Crippen LogP contribution in [0.4, 0.5) is 22.0 Å². The van der Waals surface area contributed by atoms with Gasteiger partial charge in [-0.3, -0.25) is 9.59 Å². The minimum atomic E-state index is -4.73. The van der Waals surface area contributed by atoms with Crippen LogP contribution in [0, 0.1) is 25.2 Å². The molecule has 19 heteroatoms. The Bertz CT molecular complexity index is 1780. The maximum atomic E-state index is 14.0. The third-order valence-electron chi connectivity index (χ3n) is 8.85. The molecule has 0 radical (unpaired) electrons. The lowest BCUT2D eigenvalue weighted by atomic mass is 9.74. The lowest BCUT2D eigenvalue weighted by Gasteiger charge is -2.33. The van der Waals surface area contributed by atoms with Gasteiger partial charge in [0.25, 0.3) is 5.91 Å². The summed E-state index contributed by atoms with van der Waals surface area (Å²) in [6.45, 7) is 3.02. The molecule has 0 unspecified atom stereocenters. The average molecular weight is 668 g/mol. The highest BCUT2D eigenvalue weighted by molar-refractivity contribution is 5.93. The van der Waals surface area contributed by atoms with Crippen LogP contribution in [0.5, 0.6) is 0 Å². The number of hydrogen-bond donors (Lipinski definition) is 2. The Kier molecular flexibility index (Phi) is 8.21. The van der Waals surface area contributed by atoms with Gasteiger partial charge in [0.2, 0.25) is 23.6 Å². The van der Waals surface area contributed by atoms with E-state index in [1.807, 2.05) is 5.32 Å². The van der Waals surface area contributed by atoms with Gasteiger partial charge in [-0.05, 0) is 55.3 Å². The van der Waals surface area contributed by atoms with Crippen LogP contribution >= 0.6 is 0 Å². The Labute approximate surface area is 262 Å². The van der Waals surface area contributed by atoms with Gasteiger partial charge in [-0.2, -0.15) is 18.3 Å². The molecule has 0 aromatic carbocycles. The molecule has 4 aromatic heterocycles. The SMILES string of the molecule is CO[C@H](c1nnc(C)o1)[C@]1(Cc2cnn3cc([C@@H](NC(=O)c4nonc4C)C4CCC(F)(F)CC4)nc3c2)C[C@@H](C(F)(F)F)NC1=O. The van der Waals surface area contributed by atoms with Gasteiger partial charge in [-0.25, -0.2) is 22.9 Å². The number of carbonyl (C=O) groups is 2. The maximum Gasteiger partial charge on any atom is 0.408 e. The number of halogens is 5. The van der Waals surface area contributed by atoms with E-state index in [2.05, 4.69) is 40.5 Å². The van der Waals surface area contributed by atoms with Crippen molar-refractivity contribution in [1.29, 1.82) is 0 Å². The number of hydrogen-bond acceptors (Lipinski definition) is 11. The van der Waals surface area contributed by atoms with Crippen molar-refractivity contribution in [1.82, 2.24) is 45.7 Å². The molecular formula is C28H30F5N9O5. The molecular weight excluding hydrogens is 637 g/mol. The quantitative estimate of drug-likeness (QED) is 0.249. The van der Waals surface area contributed by atoms with Crippen LogP contribution in [-0.4, -0.2) is 72.2 Å². The summed E-state index contributed by atoms with van der Waals surface area (Å²) >= 11 is 0. The van der Waals surface area contributed by atoms with Crippen LogP contribution in [0.15, 0.2) is 27.5 Å². The molecule has 252 valence electrons. The third-order valence-corrected chi connectivity index (χ3v) is 8.85. The summed E-state index contributed by atoms with van der Waals surface area (Å²) in [6.07, 6.45) is -4.64. The Hall–Kier alpha value is -4.55. The second-order valence-electron chi connectivity index (χ2n) is 12.1. The first-order valence-electron chi connectivity index (χ1n) is 14.7. The number of carbonyl (C=O) groups excluding carboxylic acids is 2. The second kappa shape index (κ2) is 11.9. The molecule has 1 saturated heterocycles. The molecule has 4 atom stereocenters. The molecule has 47 heavy (non-hydrogen) atoms. The van der Waals surface area contributed by atoms with Crippen LogP contribution in [0.3, 0.4) is 0 Å². The fraction of sp³-hybridized carbons (Fsp3) is 0.571. The molecule has 2 amide bonds. The molecule has 0 bridgehead atoms. The van der Waals surface area contributed by atoms with E-state index in [1.54, 1.807) is 0 Å². The zero-order chi connectivity index (χ0) is 33.7. The van der Waals surface area contributed by atoms with Crippen molar-refractivity contribution in [2.24, 2.45) is 11.3 Å². The summed E-state index contributed by atoms with van der Waals surface area (Å²) in [4.78, 5) is 31.1. The highest BCUT2D eigenvalue weighted by Gasteiger charge is 2.60. The molecule has 2 aliphatic rings. The normalized spacial score (nSPS) is 23.1. The maximum absolute atomic E-state index is 14.0. The number of aryl methyl sites for hydroxylation is 2. The van der Waals surface area contributed by atoms with Gasteiger partial charge in [0, 0.05) is 26.9 Å². The second-order valence-corrected chi connectivity index (χ2v) is 12.1. The largest absolute Gasteiger partial charge is 0.423 e. The van der Waals surface area contributed by atoms with Crippen molar-refractivity contribution in [2.45, 2.75) is 82.7 Å². The fourth-order valence-electron chi connectivity index (χ4n) is 6.48. The first-order chi connectivity index (χ1) is 22.2. The van der Waals surface area contributed by atoms with Crippen molar-refractivity contribution in [3.8, 4) is 0 Å². The van der Waals surface area contributed by atoms with E-state index < -0.39 is 59.9 Å². The number of alkyl halides is 5. The van der Waals surface area contributed by atoms with Gasteiger partial charge in [0.05, 0.1) is 29.5 Å². The zero-order valence-electron chi connectivity index (χ0n) is 25.3. The molecule has 14 nitrogen and oxygen atoms in total. The van der Waals surface area contributed by atoms with E-state index in [0.717, 1.165) is 0 Å². The van der Waals surface area contributed by atoms with E-state index in [-0.39, 0.29) is 60.9 Å². The summed E-state index contributed by atoms with van der Waals surface area (Å²) in [5.74, 6) is -4.80. The van der Waals surface area contributed by atoms with Crippen molar-refractivity contribution in [3.05, 3.63) is 52.9 Å². The van der Waals surface area contributed by atoms with Crippen molar-refractivity contribution < 1.29 is 45.3 Å². The number of ether oxygens (including phenoxy) is 1. The van der Waals surface area contributed by atoms with Gasteiger partial charge < -0.3 is 19.8 Å². The number of nitrogens with zero attached hydrogens (tertiary/aromatic N) is 7. The molecule has 1 aliphatic heterocycles. The van der Waals surface area contributed by atoms with Gasteiger partial charge in [0.1, 0.15) is 17.8 Å². The van der Waals surface area contributed by atoms with Crippen LogP contribution in [0.25, 0.3) is 5.65 Å². The number of rotatable bonds is 9. The third kappa shape index (κ3) is 6.27. The van der Waals surface area contributed by atoms with E-state index in [0.29, 0.717) is 11.3 Å². The van der Waals surface area contributed by atoms with Crippen LogP contribution < -0.4 is 10.6 Å². The minimum absolute atomic E-state index is 0.0678. The summed E-state index contributed by atoms with van der Waals surface area (Å²) in [7, 11) is 1.23. The van der Waals surface area contributed by atoms with Gasteiger partial charge in [0.15, 0.2) is 11.3 Å². The van der Waals surface area contributed by atoms with Crippen molar-refractivity contribution in [2.75, 3.05) is 7.11 Å². The van der Waals surface area contributed by atoms with Crippen molar-refractivity contribution >= 4 is 17.5 Å². The fourth-order valence-corrected chi connectivity index (χ4v) is 6.48. The highest BCUT2D eigenvalue weighted by Crippen LogP contribution is 2.49. The predicted molar refractivity (Wildman–Crippen MR) is 147 cm³/mol. The van der Waals surface area contributed by atoms with Gasteiger partial charge in [-0.1, -0.05) is 5.16 Å². The number of fused-ring (bicyclic) bond motifs is 1. The van der Waals surface area contributed by atoms with Gasteiger partial charge >= 0.3 is 6.18 Å². The number of aromatic nitrogens is 7. The van der Waals surface area contributed by atoms with E-state index >= 15 is 0 Å². The van der Waals surface area contributed by atoms with Gasteiger partial charge in [-0.15, -0.1) is 10.2 Å². The molecule has 2 N–H and O–H groups in total. The highest BCUT2D eigenvalue weighted by atomic mass is 19.4. The summed E-state index contributed by atoms with van der Waals surface area (Å²) < 4.78 is 86.7. The van der Waals surface area contributed by atoms with E-state index in [4.69, 9.17) is 9.15 Å². The predicted octanol–water partition coefficient (Wildman–Crippen LogP) is 3.78. The first kappa shape index (κ1) is 32.4. The molecule has 5 heterocycles. The van der Waals surface area contributed by atoms with Crippen LogP contribution in [0.2, 0.25) is 0 Å². The lowest BCUT2D eigenvalue weighted by molar-refractivity contribution is -0.156. The standard InChI is InChI=1S/C28H30F5N9O5/c1-13-20(41-47-40-13)23(43)37-21(16-4-6-27(29,30)7-5-16)17-12-42-19(35-17)8-15(11-34-42)9-26(10-18(28(31,32)33)36-25(26)44)22(45-3)24-39-38-14(2)46-24/h8,11-12,16,18,21-22H,4-7,9-10H2,1-3H3,(H,36,44)(H,37,43)/t18-,21-,22+,26-/m0/s1. The summed E-state index contributed by atoms with van der Waals surface area (Å²) in [6, 6.07) is -1.43. The Morgan fingerprint density at radius 2 is 1.96 bits per heavy atom. The lowest BCUT2D eigenvalue weighted by Crippen LogP contribution is -2.41. The smallest absolute Gasteiger partial charge is 0.408 e. The van der Waals surface area contributed by atoms with E-state index in [1.165, 1.54) is 43.9 Å². The molecule has 1 aliphatic carbocycles. The van der Waals surface area contributed by atoms with Crippen molar-refractivity contribution in [3.63, 3.8) is 0 Å². The Morgan fingerprint density at radius 1 is 1.21 bits per heavy atom. The summed E-state index contributed by atoms with van der Waals surface area (Å²) in [5.41, 5.74) is -0.763. The summed E-state index contributed by atoms with van der Waals surface area (Å²) in [5, 5.41) is 24.1. The molecule has 0 spiro atoms. The molecule has 6 rings (SSSR count). The number of nitrogens with one attached hydrogen (secondary N) is 2. The average Bonchev–Trinajstić information content (AvgIpc) is 3.79.